The summed E-state index contributed by atoms with van der Waals surface area (Å²) in [5.74, 6) is 0.202. The Labute approximate surface area is 350 Å². The molecule has 0 aromatic carbocycles. The van der Waals surface area contributed by atoms with Gasteiger partial charge in [0.15, 0.2) is 11.6 Å². The van der Waals surface area contributed by atoms with Gasteiger partial charge in [0.25, 0.3) is 0 Å². The fourth-order valence-corrected chi connectivity index (χ4v) is 5.03. The van der Waals surface area contributed by atoms with Crippen molar-refractivity contribution in [3.63, 3.8) is 0 Å². The van der Waals surface area contributed by atoms with Crippen LogP contribution >= 0.6 is 11.6 Å². The molecular formula is C38H58ClN9O11. The van der Waals surface area contributed by atoms with Crippen LogP contribution in [-0.4, -0.2) is 125 Å². The highest BCUT2D eigenvalue weighted by atomic mass is 35.5. The molecular weight excluding hydrogens is 794 g/mol. The van der Waals surface area contributed by atoms with E-state index in [0.717, 1.165) is 4.90 Å². The average molecular weight is 852 g/mol. The van der Waals surface area contributed by atoms with Crippen LogP contribution in [0.3, 0.4) is 0 Å². The standard InChI is InChI=1S/C20H31N5O6.C18H27ClN4O5/c1-13(26)21-14-12-15(23-16(22-14)24-8-10-29-11-9-24)25(17(27)30-19(2,3)4)18(28)31-20(5,6)7;1-17(2,3)27-15(24)23(16(25)28-18(4,5)6)13-11-12(19)20-14(21-13)22-7-9-26-10-8-22/h12H,8-11H2,1-7H3,(H,21,22,23,26);11H,7-10H2,1-6H3. The minimum Gasteiger partial charge on any atom is -0.443 e. The maximum atomic E-state index is 12.9. The van der Waals surface area contributed by atoms with Crippen LogP contribution in [0.5, 0.6) is 0 Å². The lowest BCUT2D eigenvalue weighted by molar-refractivity contribution is -0.114. The third-order valence-electron chi connectivity index (χ3n) is 7.02. The molecule has 0 aliphatic carbocycles. The number of ether oxygens (including phenoxy) is 6. The van der Waals surface area contributed by atoms with Crippen molar-refractivity contribution in [3.8, 4) is 0 Å². The lowest BCUT2D eigenvalue weighted by Crippen LogP contribution is -2.44. The molecule has 2 saturated heterocycles. The van der Waals surface area contributed by atoms with Crippen molar-refractivity contribution in [2.75, 3.05) is 77.5 Å². The topological polar surface area (TPSA) is 217 Å². The molecule has 0 bridgehead atoms. The predicted octanol–water partition coefficient (Wildman–Crippen LogP) is 6.59. The van der Waals surface area contributed by atoms with Gasteiger partial charge < -0.3 is 43.5 Å². The van der Waals surface area contributed by atoms with Crippen molar-refractivity contribution in [1.29, 1.82) is 0 Å². The number of carbonyl (C=O) groups is 5. The molecule has 5 amide bonds. The van der Waals surface area contributed by atoms with Gasteiger partial charge in [-0.15, -0.1) is 0 Å². The van der Waals surface area contributed by atoms with E-state index in [0.29, 0.717) is 63.5 Å². The molecule has 0 atom stereocenters. The summed E-state index contributed by atoms with van der Waals surface area (Å²) in [5, 5.41) is 2.66. The molecule has 0 spiro atoms. The zero-order valence-electron chi connectivity index (χ0n) is 36.3. The first-order valence-electron chi connectivity index (χ1n) is 19.0. The van der Waals surface area contributed by atoms with Gasteiger partial charge in [-0.25, -0.2) is 24.2 Å². The maximum Gasteiger partial charge on any atom is 0.425 e. The molecule has 21 heteroatoms. The van der Waals surface area contributed by atoms with Crippen LogP contribution in [0.15, 0.2) is 12.1 Å². The fourth-order valence-electron chi connectivity index (χ4n) is 4.85. The number of hydrogen-bond acceptors (Lipinski definition) is 17. The Morgan fingerprint density at radius 3 is 1.22 bits per heavy atom. The van der Waals surface area contributed by atoms with E-state index in [9.17, 15) is 24.0 Å². The first kappa shape index (κ1) is 48.3. The first-order chi connectivity index (χ1) is 27.1. The molecule has 2 fully saturated rings. The summed E-state index contributed by atoms with van der Waals surface area (Å²) in [4.78, 5) is 85.4. The van der Waals surface area contributed by atoms with Crippen LogP contribution < -0.4 is 24.9 Å². The summed E-state index contributed by atoms with van der Waals surface area (Å²) >= 11 is 6.15. The minimum absolute atomic E-state index is 0.0232. The second-order valence-electron chi connectivity index (χ2n) is 17.2. The van der Waals surface area contributed by atoms with Crippen molar-refractivity contribution < 1.29 is 52.4 Å². The molecule has 2 aliphatic heterocycles. The summed E-state index contributed by atoms with van der Waals surface area (Å²) in [6.45, 7) is 25.8. The van der Waals surface area contributed by atoms with Crippen LogP contribution in [-0.2, 0) is 33.2 Å². The molecule has 20 nitrogen and oxygen atoms in total. The van der Waals surface area contributed by atoms with Gasteiger partial charge in [0.2, 0.25) is 17.8 Å². The van der Waals surface area contributed by atoms with Crippen LogP contribution in [0.4, 0.5) is 48.5 Å². The molecule has 0 saturated carbocycles. The number of halogens is 1. The van der Waals surface area contributed by atoms with Crippen molar-refractivity contribution in [3.05, 3.63) is 17.3 Å². The smallest absolute Gasteiger partial charge is 0.425 e. The zero-order valence-corrected chi connectivity index (χ0v) is 37.0. The van der Waals surface area contributed by atoms with Crippen LogP contribution in [0.25, 0.3) is 0 Å². The number of carbonyl (C=O) groups excluding carboxylic acids is 5. The third-order valence-corrected chi connectivity index (χ3v) is 7.22. The highest BCUT2D eigenvalue weighted by Gasteiger charge is 2.36. The number of nitrogens with one attached hydrogen (secondary N) is 1. The van der Waals surface area contributed by atoms with Gasteiger partial charge in [-0.05, 0) is 83.1 Å². The lowest BCUT2D eigenvalue weighted by atomic mass is 10.2. The number of rotatable bonds is 5. The molecule has 328 valence electrons. The zero-order chi connectivity index (χ0) is 44.5. The monoisotopic (exact) mass is 851 g/mol. The van der Waals surface area contributed by atoms with E-state index in [1.54, 1.807) is 83.1 Å². The Bertz CT molecular complexity index is 1750. The number of hydrogen-bond donors (Lipinski definition) is 1. The summed E-state index contributed by atoms with van der Waals surface area (Å²) in [6, 6.07) is 2.64. The molecule has 4 heterocycles. The van der Waals surface area contributed by atoms with E-state index < -0.39 is 46.8 Å². The molecule has 2 aromatic rings. The highest BCUT2D eigenvalue weighted by Crippen LogP contribution is 2.27. The Balaban J connectivity index is 0.000000317. The van der Waals surface area contributed by atoms with Crippen molar-refractivity contribution >= 4 is 71.2 Å². The van der Waals surface area contributed by atoms with E-state index in [2.05, 4.69) is 25.3 Å². The van der Waals surface area contributed by atoms with E-state index in [1.807, 2.05) is 9.80 Å². The van der Waals surface area contributed by atoms with Crippen molar-refractivity contribution in [1.82, 2.24) is 19.9 Å². The van der Waals surface area contributed by atoms with Crippen LogP contribution in [0.2, 0.25) is 5.15 Å². The summed E-state index contributed by atoms with van der Waals surface area (Å²) in [5.41, 5.74) is -3.36. The Hall–Kier alpha value is -5.08. The van der Waals surface area contributed by atoms with Gasteiger partial charge in [0.05, 0.1) is 26.4 Å². The van der Waals surface area contributed by atoms with Gasteiger partial charge in [-0.2, -0.15) is 24.8 Å². The van der Waals surface area contributed by atoms with E-state index >= 15 is 0 Å². The number of anilines is 5. The van der Waals surface area contributed by atoms with E-state index in [-0.39, 0.29) is 34.5 Å². The van der Waals surface area contributed by atoms with Gasteiger partial charge in [-0.3, -0.25) is 4.79 Å². The van der Waals surface area contributed by atoms with Crippen molar-refractivity contribution in [2.45, 2.75) is 112 Å². The summed E-state index contributed by atoms with van der Waals surface area (Å²) in [7, 11) is 0. The van der Waals surface area contributed by atoms with Gasteiger partial charge in [-0.1, -0.05) is 11.6 Å². The lowest BCUT2D eigenvalue weighted by Gasteiger charge is -2.30. The van der Waals surface area contributed by atoms with Crippen LogP contribution in [0, 0.1) is 0 Å². The normalized spacial score (nSPS) is 14.9. The van der Waals surface area contributed by atoms with Crippen LogP contribution in [0.1, 0.15) is 90.0 Å². The molecule has 1 N–H and O–H groups in total. The Morgan fingerprint density at radius 1 is 0.576 bits per heavy atom. The second kappa shape index (κ2) is 19.8. The van der Waals surface area contributed by atoms with Gasteiger partial charge in [0, 0.05) is 45.2 Å². The molecule has 4 rings (SSSR count). The maximum absolute atomic E-state index is 12.9. The highest BCUT2D eigenvalue weighted by molar-refractivity contribution is 6.30. The van der Waals surface area contributed by atoms with Crippen molar-refractivity contribution in [2.24, 2.45) is 0 Å². The molecule has 0 unspecified atom stereocenters. The Kier molecular flexibility index (Phi) is 16.2. The van der Waals surface area contributed by atoms with Gasteiger partial charge >= 0.3 is 24.4 Å². The SMILES string of the molecule is CC(=O)Nc1cc(N(C(=O)OC(C)(C)C)C(=O)OC(C)(C)C)nc(N2CCOCC2)n1.CC(C)(C)OC(=O)N(C(=O)OC(C)(C)C)c1cc(Cl)nc(N2CCOCC2)n1. The first-order valence-corrected chi connectivity index (χ1v) is 19.4. The number of imide groups is 2. The quantitative estimate of drug-likeness (QED) is 0.248. The summed E-state index contributed by atoms with van der Waals surface area (Å²) in [6.07, 6.45) is -3.74. The molecule has 2 aliphatic rings. The number of nitrogens with zero attached hydrogens (tertiary/aromatic N) is 8. The predicted molar refractivity (Wildman–Crippen MR) is 219 cm³/mol. The number of morpholine rings is 2. The van der Waals surface area contributed by atoms with E-state index in [4.69, 9.17) is 40.0 Å². The minimum atomic E-state index is -0.956. The summed E-state index contributed by atoms with van der Waals surface area (Å²) < 4.78 is 32.2. The third kappa shape index (κ3) is 16.6. The van der Waals surface area contributed by atoms with E-state index in [1.165, 1.54) is 19.1 Å². The molecule has 2 aromatic heterocycles. The average Bonchev–Trinajstić information content (AvgIpc) is 3.05. The number of amides is 5. The second-order valence-corrected chi connectivity index (χ2v) is 17.6. The fraction of sp³-hybridized carbons (Fsp3) is 0.658. The number of aromatic nitrogens is 4. The Morgan fingerprint density at radius 2 is 0.898 bits per heavy atom. The molecule has 0 radical (unpaired) electrons. The van der Waals surface area contributed by atoms with Gasteiger partial charge in [0.1, 0.15) is 33.4 Å². The molecule has 59 heavy (non-hydrogen) atoms. The largest absolute Gasteiger partial charge is 0.443 e.